The number of hydrogen-bond acceptors (Lipinski definition) is 4. The Morgan fingerprint density at radius 3 is 2.46 bits per heavy atom. The molecule has 1 aromatic heterocycles. The van der Waals surface area contributed by atoms with Crippen molar-refractivity contribution in [3.8, 4) is 16.3 Å². The highest BCUT2D eigenvalue weighted by atomic mass is 32.1. The number of aromatic nitrogens is 1. The molecule has 0 unspecified atom stereocenters. The summed E-state index contributed by atoms with van der Waals surface area (Å²) in [5, 5.41) is 3.83. The van der Waals surface area contributed by atoms with Gasteiger partial charge in [0.05, 0.1) is 15.8 Å². The van der Waals surface area contributed by atoms with Crippen LogP contribution in [0.25, 0.3) is 20.8 Å². The van der Waals surface area contributed by atoms with Gasteiger partial charge in [0.25, 0.3) is 5.91 Å². The van der Waals surface area contributed by atoms with Crippen molar-refractivity contribution in [1.82, 2.24) is 4.98 Å². The van der Waals surface area contributed by atoms with Crippen molar-refractivity contribution < 1.29 is 9.53 Å². The molecule has 0 saturated heterocycles. The number of hydrogen-bond donors (Lipinski definition) is 1. The fraction of sp³-hybridized carbons (Fsp3) is 0.130. The quantitative estimate of drug-likeness (QED) is 0.484. The van der Waals surface area contributed by atoms with Crippen LogP contribution in [0.15, 0.2) is 66.7 Å². The van der Waals surface area contributed by atoms with Gasteiger partial charge >= 0.3 is 0 Å². The van der Waals surface area contributed by atoms with Crippen LogP contribution in [0.2, 0.25) is 0 Å². The second-order valence-corrected chi connectivity index (χ2v) is 7.62. The maximum atomic E-state index is 12.4. The number of nitrogens with one attached hydrogen (secondary N) is 1. The molecular formula is C23H20N2O2S. The van der Waals surface area contributed by atoms with E-state index in [9.17, 15) is 4.79 Å². The summed E-state index contributed by atoms with van der Waals surface area (Å²) in [6.45, 7) is 3.90. The van der Waals surface area contributed by atoms with E-state index in [2.05, 4.69) is 11.4 Å². The normalized spacial score (nSPS) is 10.8. The minimum atomic E-state index is -0.184. The molecule has 0 radical (unpaired) electrons. The highest BCUT2D eigenvalue weighted by molar-refractivity contribution is 7.21. The van der Waals surface area contributed by atoms with Gasteiger partial charge in [0.2, 0.25) is 0 Å². The fourth-order valence-corrected chi connectivity index (χ4v) is 4.08. The topological polar surface area (TPSA) is 51.2 Å². The van der Waals surface area contributed by atoms with Crippen LogP contribution in [0.4, 0.5) is 5.69 Å². The van der Waals surface area contributed by atoms with E-state index >= 15 is 0 Å². The zero-order chi connectivity index (χ0) is 19.5. The van der Waals surface area contributed by atoms with Crippen LogP contribution in [-0.2, 0) is 4.79 Å². The second kappa shape index (κ2) is 7.82. The van der Waals surface area contributed by atoms with Crippen LogP contribution in [-0.4, -0.2) is 17.5 Å². The Morgan fingerprint density at radius 2 is 1.68 bits per heavy atom. The number of benzene rings is 3. The predicted molar refractivity (Wildman–Crippen MR) is 115 cm³/mol. The van der Waals surface area contributed by atoms with Gasteiger partial charge < -0.3 is 10.1 Å². The first-order chi connectivity index (χ1) is 13.6. The lowest BCUT2D eigenvalue weighted by Gasteiger charge is -2.13. The zero-order valence-electron chi connectivity index (χ0n) is 15.7. The molecular weight excluding hydrogens is 368 g/mol. The molecule has 4 aromatic rings. The summed E-state index contributed by atoms with van der Waals surface area (Å²) >= 11 is 1.61. The summed E-state index contributed by atoms with van der Waals surface area (Å²) < 4.78 is 6.98. The lowest BCUT2D eigenvalue weighted by atomic mass is 10.1. The summed E-state index contributed by atoms with van der Waals surface area (Å²) in [4.78, 5) is 17.1. The fourth-order valence-electron chi connectivity index (χ4n) is 3.09. The van der Waals surface area contributed by atoms with Crippen LogP contribution < -0.4 is 10.1 Å². The van der Waals surface area contributed by atoms with Crippen molar-refractivity contribution >= 4 is 33.1 Å². The molecule has 4 rings (SSSR count). The maximum absolute atomic E-state index is 12.4. The first kappa shape index (κ1) is 18.2. The van der Waals surface area contributed by atoms with E-state index < -0.39 is 0 Å². The Kier molecular flexibility index (Phi) is 5.08. The minimum absolute atomic E-state index is 0.0598. The van der Waals surface area contributed by atoms with Crippen LogP contribution in [0.3, 0.4) is 0 Å². The van der Waals surface area contributed by atoms with Gasteiger partial charge in [0.15, 0.2) is 6.61 Å². The van der Waals surface area contributed by atoms with Crippen LogP contribution in [0.1, 0.15) is 11.1 Å². The molecule has 0 atom stereocenters. The number of para-hydroxylation sites is 3. The predicted octanol–water partition coefficient (Wildman–Crippen LogP) is 5.60. The number of aryl methyl sites for hydroxylation is 2. The second-order valence-electron chi connectivity index (χ2n) is 6.59. The van der Waals surface area contributed by atoms with E-state index in [-0.39, 0.29) is 12.5 Å². The van der Waals surface area contributed by atoms with Gasteiger partial charge in [-0.2, -0.15) is 0 Å². The molecule has 0 fully saturated rings. The maximum Gasteiger partial charge on any atom is 0.262 e. The zero-order valence-corrected chi connectivity index (χ0v) is 16.5. The van der Waals surface area contributed by atoms with E-state index in [0.717, 1.165) is 37.6 Å². The molecule has 0 saturated carbocycles. The minimum Gasteiger partial charge on any atom is -0.483 e. The highest BCUT2D eigenvalue weighted by Crippen LogP contribution is 2.35. The largest absolute Gasteiger partial charge is 0.483 e. The number of anilines is 1. The van der Waals surface area contributed by atoms with E-state index in [1.165, 1.54) is 0 Å². The lowest BCUT2D eigenvalue weighted by molar-refractivity contribution is -0.118. The average molecular weight is 388 g/mol. The molecule has 0 spiro atoms. The Bertz CT molecular complexity index is 1100. The summed E-state index contributed by atoms with van der Waals surface area (Å²) in [5.41, 5.74) is 4.76. The van der Waals surface area contributed by atoms with Gasteiger partial charge in [0.1, 0.15) is 10.8 Å². The monoisotopic (exact) mass is 388 g/mol. The van der Waals surface area contributed by atoms with Crippen LogP contribution in [0, 0.1) is 13.8 Å². The van der Waals surface area contributed by atoms with Crippen LogP contribution in [0.5, 0.6) is 5.75 Å². The number of carbonyl (C=O) groups excluding carboxylic acids is 1. The molecule has 3 aromatic carbocycles. The lowest BCUT2D eigenvalue weighted by Crippen LogP contribution is -2.21. The smallest absolute Gasteiger partial charge is 0.262 e. The van der Waals surface area contributed by atoms with Gasteiger partial charge in [-0.25, -0.2) is 4.98 Å². The standard InChI is InChI=1S/C23H20N2O2S/c1-15-8-7-9-16(2)22(15)25-21(26)14-27-19-12-5-3-10-17(19)23-24-18-11-4-6-13-20(18)28-23/h3-13H,14H2,1-2H3,(H,25,26). The molecule has 5 heteroatoms. The number of amides is 1. The SMILES string of the molecule is Cc1cccc(C)c1NC(=O)COc1ccccc1-c1nc2ccccc2s1. The Labute approximate surface area is 167 Å². The third-order valence-electron chi connectivity index (χ3n) is 4.52. The van der Waals surface area contributed by atoms with Crippen molar-refractivity contribution in [2.45, 2.75) is 13.8 Å². The molecule has 28 heavy (non-hydrogen) atoms. The van der Waals surface area contributed by atoms with Crippen LogP contribution >= 0.6 is 11.3 Å². The van der Waals surface area contributed by atoms with E-state index in [0.29, 0.717) is 5.75 Å². The van der Waals surface area contributed by atoms with Crippen molar-refractivity contribution in [2.75, 3.05) is 11.9 Å². The molecule has 0 aliphatic carbocycles. The van der Waals surface area contributed by atoms with E-state index in [4.69, 9.17) is 9.72 Å². The molecule has 0 aliphatic rings. The number of fused-ring (bicyclic) bond motifs is 1. The molecule has 1 amide bonds. The average Bonchev–Trinajstić information content (AvgIpc) is 3.13. The molecule has 1 N–H and O–H groups in total. The molecule has 0 aliphatic heterocycles. The van der Waals surface area contributed by atoms with Gasteiger partial charge in [-0.1, -0.05) is 42.5 Å². The van der Waals surface area contributed by atoms with Crippen molar-refractivity contribution in [1.29, 1.82) is 0 Å². The number of rotatable bonds is 5. The van der Waals surface area contributed by atoms with Crippen molar-refractivity contribution in [2.24, 2.45) is 0 Å². The van der Waals surface area contributed by atoms with E-state index in [1.807, 2.05) is 74.5 Å². The van der Waals surface area contributed by atoms with Crippen molar-refractivity contribution in [3.63, 3.8) is 0 Å². The molecule has 4 nitrogen and oxygen atoms in total. The molecule has 1 heterocycles. The Hall–Kier alpha value is -3.18. The van der Waals surface area contributed by atoms with Gasteiger partial charge in [-0.05, 0) is 49.2 Å². The Balaban J connectivity index is 1.52. The van der Waals surface area contributed by atoms with Gasteiger partial charge in [-0.3, -0.25) is 4.79 Å². The first-order valence-electron chi connectivity index (χ1n) is 9.05. The number of nitrogens with zero attached hydrogens (tertiary/aromatic N) is 1. The molecule has 140 valence electrons. The van der Waals surface area contributed by atoms with Gasteiger partial charge in [-0.15, -0.1) is 11.3 Å². The van der Waals surface area contributed by atoms with Gasteiger partial charge in [0, 0.05) is 5.69 Å². The Morgan fingerprint density at radius 1 is 0.964 bits per heavy atom. The summed E-state index contributed by atoms with van der Waals surface area (Å²) in [7, 11) is 0. The first-order valence-corrected chi connectivity index (χ1v) is 9.87. The van der Waals surface area contributed by atoms with E-state index in [1.54, 1.807) is 11.3 Å². The summed E-state index contributed by atoms with van der Waals surface area (Å²) in [6.07, 6.45) is 0. The van der Waals surface area contributed by atoms with Crippen molar-refractivity contribution in [3.05, 3.63) is 77.9 Å². The summed E-state index contributed by atoms with van der Waals surface area (Å²) in [5.74, 6) is 0.467. The molecule has 0 bridgehead atoms. The number of ether oxygens (including phenoxy) is 1. The third-order valence-corrected chi connectivity index (χ3v) is 5.59. The third kappa shape index (κ3) is 3.75. The summed E-state index contributed by atoms with van der Waals surface area (Å²) in [6, 6.07) is 21.7. The number of carbonyl (C=O) groups is 1. The number of thiazole rings is 1. The highest BCUT2D eigenvalue weighted by Gasteiger charge is 2.13.